The van der Waals surface area contributed by atoms with E-state index in [2.05, 4.69) is 70.2 Å². The number of fused-ring (bicyclic) bond motifs is 2. The van der Waals surface area contributed by atoms with Gasteiger partial charge in [-0.1, -0.05) is 24.3 Å². The van der Waals surface area contributed by atoms with E-state index in [4.69, 9.17) is 0 Å². The minimum atomic E-state index is 0.492. The van der Waals surface area contributed by atoms with Gasteiger partial charge >= 0.3 is 0 Å². The molecule has 2 aliphatic heterocycles. The minimum Gasteiger partial charge on any atom is -0.365 e. The average Bonchev–Trinajstić information content (AvgIpc) is 2.87. The number of hydrogen-bond donors (Lipinski definition) is 1. The SMILES string of the molecule is CC1CN(C2=Cc3ccccc3Cn3ccnc32)CC(C)N1. The van der Waals surface area contributed by atoms with Crippen molar-refractivity contribution in [2.75, 3.05) is 13.1 Å². The second-order valence-electron chi connectivity index (χ2n) is 6.48. The first-order valence-electron chi connectivity index (χ1n) is 8.03. The molecule has 1 fully saturated rings. The number of nitrogens with one attached hydrogen (secondary N) is 1. The monoisotopic (exact) mass is 294 g/mol. The Morgan fingerprint density at radius 2 is 1.91 bits per heavy atom. The summed E-state index contributed by atoms with van der Waals surface area (Å²) in [6, 6.07) is 9.63. The molecule has 4 nitrogen and oxygen atoms in total. The second kappa shape index (κ2) is 5.29. The predicted molar refractivity (Wildman–Crippen MR) is 89.3 cm³/mol. The van der Waals surface area contributed by atoms with Crippen LogP contribution >= 0.6 is 0 Å². The number of benzene rings is 1. The van der Waals surface area contributed by atoms with E-state index in [1.54, 1.807) is 0 Å². The zero-order valence-corrected chi connectivity index (χ0v) is 13.2. The number of piperazine rings is 1. The highest BCUT2D eigenvalue weighted by molar-refractivity contribution is 5.80. The molecule has 2 aromatic rings. The third-order valence-corrected chi connectivity index (χ3v) is 4.53. The van der Waals surface area contributed by atoms with Crippen molar-refractivity contribution < 1.29 is 0 Å². The molecule has 2 atom stereocenters. The number of hydrogen-bond acceptors (Lipinski definition) is 3. The van der Waals surface area contributed by atoms with Crippen molar-refractivity contribution in [3.63, 3.8) is 0 Å². The maximum Gasteiger partial charge on any atom is 0.156 e. The fourth-order valence-electron chi connectivity index (χ4n) is 3.64. The Morgan fingerprint density at radius 1 is 1.14 bits per heavy atom. The highest BCUT2D eigenvalue weighted by atomic mass is 15.3. The molecule has 4 rings (SSSR count). The molecule has 0 radical (unpaired) electrons. The van der Waals surface area contributed by atoms with Crippen molar-refractivity contribution in [3.8, 4) is 0 Å². The van der Waals surface area contributed by atoms with Gasteiger partial charge in [0.1, 0.15) is 0 Å². The normalized spacial score (nSPS) is 24.3. The van der Waals surface area contributed by atoms with E-state index < -0.39 is 0 Å². The van der Waals surface area contributed by atoms with Gasteiger partial charge in [0.25, 0.3) is 0 Å². The van der Waals surface area contributed by atoms with Crippen LogP contribution in [0, 0.1) is 0 Å². The lowest BCUT2D eigenvalue weighted by molar-refractivity contribution is 0.243. The molecule has 0 saturated carbocycles. The summed E-state index contributed by atoms with van der Waals surface area (Å²) in [5.41, 5.74) is 3.91. The van der Waals surface area contributed by atoms with Crippen molar-refractivity contribution in [2.45, 2.75) is 32.5 Å². The molecule has 2 aliphatic rings. The maximum atomic E-state index is 4.64. The topological polar surface area (TPSA) is 33.1 Å². The van der Waals surface area contributed by atoms with E-state index in [9.17, 15) is 0 Å². The van der Waals surface area contributed by atoms with Crippen molar-refractivity contribution >= 4 is 11.8 Å². The molecular weight excluding hydrogens is 272 g/mol. The van der Waals surface area contributed by atoms with Gasteiger partial charge in [0.05, 0.1) is 5.70 Å². The third kappa shape index (κ3) is 2.33. The van der Waals surface area contributed by atoms with Crippen LogP contribution in [-0.4, -0.2) is 39.6 Å². The van der Waals surface area contributed by atoms with Gasteiger partial charge < -0.3 is 14.8 Å². The first kappa shape index (κ1) is 13.6. The highest BCUT2D eigenvalue weighted by Gasteiger charge is 2.26. The van der Waals surface area contributed by atoms with Gasteiger partial charge in [0, 0.05) is 44.1 Å². The Bertz CT molecular complexity index is 705. The smallest absolute Gasteiger partial charge is 0.156 e. The molecule has 2 unspecified atom stereocenters. The second-order valence-corrected chi connectivity index (χ2v) is 6.48. The van der Waals surface area contributed by atoms with Gasteiger partial charge in [-0.15, -0.1) is 0 Å². The lowest BCUT2D eigenvalue weighted by Crippen LogP contribution is -2.53. The summed E-state index contributed by atoms with van der Waals surface area (Å²) < 4.78 is 2.26. The van der Waals surface area contributed by atoms with Crippen molar-refractivity contribution in [2.24, 2.45) is 0 Å². The first-order valence-corrected chi connectivity index (χ1v) is 8.03. The van der Waals surface area contributed by atoms with E-state index in [0.29, 0.717) is 12.1 Å². The fraction of sp³-hybridized carbons (Fsp3) is 0.389. The molecule has 1 saturated heterocycles. The van der Waals surface area contributed by atoms with Crippen molar-refractivity contribution in [1.82, 2.24) is 19.8 Å². The van der Waals surface area contributed by atoms with Gasteiger partial charge in [-0.05, 0) is 31.1 Å². The summed E-state index contributed by atoms with van der Waals surface area (Å²) >= 11 is 0. The Balaban J connectivity index is 1.81. The largest absolute Gasteiger partial charge is 0.365 e. The standard InChI is InChI=1S/C18H22N4/c1-13-10-22(11-14(2)20-13)17-9-15-5-3-4-6-16(15)12-21-8-7-19-18(17)21/h3-9,13-14,20H,10-12H2,1-2H3. The van der Waals surface area contributed by atoms with Gasteiger partial charge in [-0.3, -0.25) is 0 Å². The van der Waals surface area contributed by atoms with E-state index in [1.807, 2.05) is 6.20 Å². The quantitative estimate of drug-likeness (QED) is 0.877. The summed E-state index contributed by atoms with van der Waals surface area (Å²) in [6.45, 7) is 7.43. The molecule has 1 aromatic carbocycles. The van der Waals surface area contributed by atoms with Crippen LogP contribution in [0.2, 0.25) is 0 Å². The molecule has 0 spiro atoms. The molecule has 3 heterocycles. The number of nitrogens with zero attached hydrogens (tertiary/aromatic N) is 3. The summed E-state index contributed by atoms with van der Waals surface area (Å²) in [6.07, 6.45) is 6.30. The van der Waals surface area contributed by atoms with Gasteiger partial charge in [-0.25, -0.2) is 4.98 Å². The molecular formula is C18H22N4. The van der Waals surface area contributed by atoms with E-state index in [1.165, 1.54) is 16.8 Å². The molecule has 1 aromatic heterocycles. The van der Waals surface area contributed by atoms with E-state index in [-0.39, 0.29) is 0 Å². The van der Waals surface area contributed by atoms with E-state index in [0.717, 1.165) is 25.5 Å². The van der Waals surface area contributed by atoms with Crippen LogP contribution in [0.1, 0.15) is 30.8 Å². The summed E-state index contributed by atoms with van der Waals surface area (Å²) in [5, 5.41) is 3.60. The van der Waals surface area contributed by atoms with Crippen LogP contribution in [0.5, 0.6) is 0 Å². The van der Waals surface area contributed by atoms with Gasteiger partial charge in [0.15, 0.2) is 5.82 Å². The van der Waals surface area contributed by atoms with Gasteiger partial charge in [-0.2, -0.15) is 0 Å². The van der Waals surface area contributed by atoms with E-state index >= 15 is 0 Å². The summed E-state index contributed by atoms with van der Waals surface area (Å²) in [4.78, 5) is 7.12. The maximum absolute atomic E-state index is 4.64. The zero-order valence-electron chi connectivity index (χ0n) is 13.2. The van der Waals surface area contributed by atoms with Crippen molar-refractivity contribution in [3.05, 3.63) is 53.6 Å². The fourth-order valence-corrected chi connectivity index (χ4v) is 3.64. The van der Waals surface area contributed by atoms with Gasteiger partial charge in [0.2, 0.25) is 0 Å². The summed E-state index contributed by atoms with van der Waals surface area (Å²) in [7, 11) is 0. The first-order chi connectivity index (χ1) is 10.7. The molecule has 114 valence electrons. The molecule has 4 heteroatoms. The highest BCUT2D eigenvalue weighted by Crippen LogP contribution is 2.28. The molecule has 0 aliphatic carbocycles. The molecule has 1 N–H and O–H groups in total. The Hall–Kier alpha value is -2.07. The van der Waals surface area contributed by atoms with Crippen LogP contribution in [0.3, 0.4) is 0 Å². The van der Waals surface area contributed by atoms with Crippen LogP contribution in [0.15, 0.2) is 36.7 Å². The number of rotatable bonds is 1. The third-order valence-electron chi connectivity index (χ3n) is 4.53. The average molecular weight is 294 g/mol. The number of aromatic nitrogens is 2. The Kier molecular flexibility index (Phi) is 3.26. The Labute approximate surface area is 131 Å². The lowest BCUT2D eigenvalue weighted by Gasteiger charge is -2.38. The van der Waals surface area contributed by atoms with Crippen LogP contribution in [0.4, 0.5) is 0 Å². The lowest BCUT2D eigenvalue weighted by atomic mass is 10.1. The molecule has 0 bridgehead atoms. The minimum absolute atomic E-state index is 0.492. The Morgan fingerprint density at radius 3 is 2.73 bits per heavy atom. The molecule has 22 heavy (non-hydrogen) atoms. The van der Waals surface area contributed by atoms with Crippen LogP contribution in [0.25, 0.3) is 11.8 Å². The number of imidazole rings is 1. The van der Waals surface area contributed by atoms with Crippen LogP contribution in [-0.2, 0) is 6.54 Å². The summed E-state index contributed by atoms with van der Waals surface area (Å²) in [5.74, 6) is 1.08. The zero-order chi connectivity index (χ0) is 15.1. The van der Waals surface area contributed by atoms with Crippen molar-refractivity contribution in [1.29, 1.82) is 0 Å². The predicted octanol–water partition coefficient (Wildman–Crippen LogP) is 2.43. The van der Waals surface area contributed by atoms with Crippen LogP contribution < -0.4 is 5.32 Å². The molecule has 0 amide bonds.